The van der Waals surface area contributed by atoms with E-state index in [-0.39, 0.29) is 11.9 Å². The minimum atomic E-state index is -1.39. The summed E-state index contributed by atoms with van der Waals surface area (Å²) in [6, 6.07) is 9.58. The topological polar surface area (TPSA) is 90.0 Å². The highest BCUT2D eigenvalue weighted by Crippen LogP contribution is 2.41. The first-order valence-corrected chi connectivity index (χ1v) is 8.54. The molecule has 1 aromatic carbocycles. The van der Waals surface area contributed by atoms with Crippen molar-refractivity contribution in [3.8, 4) is 0 Å². The van der Waals surface area contributed by atoms with Crippen molar-refractivity contribution in [2.75, 3.05) is 5.32 Å². The molecule has 6 nitrogen and oxygen atoms in total. The zero-order valence-corrected chi connectivity index (χ0v) is 13.9. The first-order chi connectivity index (χ1) is 12.6. The Labute approximate surface area is 149 Å². The van der Waals surface area contributed by atoms with Gasteiger partial charge in [-0.25, -0.2) is 4.39 Å². The van der Waals surface area contributed by atoms with Crippen LogP contribution in [-0.2, 0) is 4.79 Å². The number of hydrogen-bond acceptors (Lipinski definition) is 4. The summed E-state index contributed by atoms with van der Waals surface area (Å²) in [4.78, 5) is 19.6. The minimum Gasteiger partial charge on any atom is -0.370 e. The molecule has 0 aliphatic heterocycles. The van der Waals surface area contributed by atoms with Crippen molar-refractivity contribution >= 4 is 22.6 Å². The van der Waals surface area contributed by atoms with Gasteiger partial charge in [-0.1, -0.05) is 12.1 Å². The van der Waals surface area contributed by atoms with E-state index in [1.165, 1.54) is 12.1 Å². The van der Waals surface area contributed by atoms with E-state index in [4.69, 9.17) is 0 Å². The van der Waals surface area contributed by atoms with E-state index in [0.29, 0.717) is 17.1 Å². The van der Waals surface area contributed by atoms with Gasteiger partial charge in [0.1, 0.15) is 11.3 Å². The Kier molecular flexibility index (Phi) is 4.40. The van der Waals surface area contributed by atoms with Crippen molar-refractivity contribution in [3.63, 3.8) is 0 Å². The summed E-state index contributed by atoms with van der Waals surface area (Å²) < 4.78 is 13.2. The van der Waals surface area contributed by atoms with Gasteiger partial charge in [-0.3, -0.25) is 15.1 Å². The Bertz CT molecular complexity index is 921. The Balaban J connectivity index is 1.46. The number of fused-ring (bicyclic) bond motifs is 1. The Morgan fingerprint density at radius 2 is 2.04 bits per heavy atom. The lowest BCUT2D eigenvalue weighted by atomic mass is 10.0. The van der Waals surface area contributed by atoms with Gasteiger partial charge in [0.05, 0.1) is 11.2 Å². The number of H-pyrrole nitrogens is 1. The molecule has 1 aliphatic carbocycles. The third-order valence-corrected chi connectivity index (χ3v) is 4.60. The molecule has 4 rings (SSSR count). The second-order valence-electron chi connectivity index (χ2n) is 6.53. The lowest BCUT2D eigenvalue weighted by Crippen LogP contribution is -2.42. The average Bonchev–Trinajstić information content (AvgIpc) is 3.42. The van der Waals surface area contributed by atoms with Gasteiger partial charge in [0.15, 0.2) is 6.23 Å². The number of benzene rings is 1. The molecule has 0 spiro atoms. The summed E-state index contributed by atoms with van der Waals surface area (Å²) in [6.45, 7) is 0. The molecule has 0 radical (unpaired) electrons. The van der Waals surface area contributed by atoms with Crippen LogP contribution in [-0.4, -0.2) is 27.2 Å². The standard InChI is InChI=1S/C19H19FN4O2/c20-13-7-5-12(6-8-13)16(11-3-4-11)24-19(26)18(25)23-15-10-22-14-2-1-9-21-17(14)15/h1-2,5-11,16,19,22,24,26H,3-4H2,(H,23,25). The highest BCUT2D eigenvalue weighted by atomic mass is 19.1. The van der Waals surface area contributed by atoms with E-state index in [2.05, 4.69) is 20.6 Å². The van der Waals surface area contributed by atoms with Crippen molar-refractivity contribution in [2.45, 2.75) is 25.1 Å². The van der Waals surface area contributed by atoms with E-state index < -0.39 is 12.1 Å². The molecule has 1 aliphatic rings. The van der Waals surface area contributed by atoms with Crippen molar-refractivity contribution in [1.29, 1.82) is 0 Å². The van der Waals surface area contributed by atoms with Crippen molar-refractivity contribution in [2.24, 2.45) is 5.92 Å². The number of aromatic nitrogens is 2. The first-order valence-electron chi connectivity index (χ1n) is 8.54. The molecule has 1 amide bonds. The number of halogens is 1. The summed E-state index contributed by atoms with van der Waals surface area (Å²) in [5, 5.41) is 16.0. The third-order valence-electron chi connectivity index (χ3n) is 4.60. The molecule has 3 aromatic rings. The van der Waals surface area contributed by atoms with E-state index >= 15 is 0 Å². The number of rotatable bonds is 6. The predicted molar refractivity (Wildman–Crippen MR) is 95.7 cm³/mol. The molecule has 1 saturated carbocycles. The highest BCUT2D eigenvalue weighted by Gasteiger charge is 2.34. The van der Waals surface area contributed by atoms with Crippen molar-refractivity contribution in [1.82, 2.24) is 15.3 Å². The molecule has 134 valence electrons. The number of anilines is 1. The quantitative estimate of drug-likeness (QED) is 0.512. The Morgan fingerprint density at radius 1 is 1.27 bits per heavy atom. The van der Waals surface area contributed by atoms with Crippen molar-refractivity contribution < 1.29 is 14.3 Å². The summed E-state index contributed by atoms with van der Waals surface area (Å²) in [6.07, 6.45) is 3.91. The van der Waals surface area contributed by atoms with Gasteiger partial charge in [0.25, 0.3) is 5.91 Å². The van der Waals surface area contributed by atoms with E-state index in [1.54, 1.807) is 30.6 Å². The number of carbonyl (C=O) groups is 1. The molecule has 2 heterocycles. The van der Waals surface area contributed by atoms with Gasteiger partial charge in [-0.2, -0.15) is 0 Å². The van der Waals surface area contributed by atoms with Gasteiger partial charge < -0.3 is 15.4 Å². The van der Waals surface area contributed by atoms with Gasteiger partial charge in [0.2, 0.25) is 0 Å². The molecule has 2 unspecified atom stereocenters. The van der Waals surface area contributed by atoms with Crippen LogP contribution in [0.4, 0.5) is 10.1 Å². The maximum Gasteiger partial charge on any atom is 0.268 e. The average molecular weight is 354 g/mol. The maximum absolute atomic E-state index is 13.2. The van der Waals surface area contributed by atoms with Crippen molar-refractivity contribution in [3.05, 3.63) is 60.2 Å². The molecule has 0 bridgehead atoms. The van der Waals surface area contributed by atoms with Crippen LogP contribution in [0.2, 0.25) is 0 Å². The molecule has 26 heavy (non-hydrogen) atoms. The summed E-state index contributed by atoms with van der Waals surface area (Å²) in [7, 11) is 0. The fourth-order valence-electron chi connectivity index (χ4n) is 3.10. The SMILES string of the molecule is O=C(Nc1c[nH]c2cccnc12)C(O)NC(c1ccc(F)cc1)C1CC1. The van der Waals surface area contributed by atoms with Crippen LogP contribution in [0.5, 0.6) is 0 Å². The zero-order valence-electron chi connectivity index (χ0n) is 13.9. The molecule has 4 N–H and O–H groups in total. The molecular formula is C19H19FN4O2. The summed E-state index contributed by atoms with van der Waals surface area (Å²) in [5.41, 5.74) is 2.79. The monoisotopic (exact) mass is 354 g/mol. The van der Waals surface area contributed by atoms with Gasteiger partial charge in [-0.15, -0.1) is 0 Å². The number of aliphatic hydroxyl groups excluding tert-OH is 1. The summed E-state index contributed by atoms with van der Waals surface area (Å²) >= 11 is 0. The van der Waals surface area contributed by atoms with Crippen LogP contribution >= 0.6 is 0 Å². The fraction of sp³-hybridized carbons (Fsp3) is 0.263. The predicted octanol–water partition coefficient (Wildman–Crippen LogP) is 2.70. The molecule has 0 saturated heterocycles. The number of pyridine rings is 1. The second kappa shape index (κ2) is 6.86. The third kappa shape index (κ3) is 3.44. The molecule has 7 heteroatoms. The van der Waals surface area contributed by atoms with Gasteiger partial charge in [0, 0.05) is 18.4 Å². The van der Waals surface area contributed by atoms with Crippen LogP contribution < -0.4 is 10.6 Å². The highest BCUT2D eigenvalue weighted by molar-refractivity contribution is 6.01. The van der Waals surface area contributed by atoms with E-state index in [0.717, 1.165) is 23.9 Å². The second-order valence-corrected chi connectivity index (χ2v) is 6.53. The molecule has 2 atom stereocenters. The largest absolute Gasteiger partial charge is 0.370 e. The van der Waals surface area contributed by atoms with Crippen LogP contribution in [0.15, 0.2) is 48.8 Å². The number of hydrogen-bond donors (Lipinski definition) is 4. The first kappa shape index (κ1) is 16.7. The van der Waals surface area contributed by atoms with Gasteiger partial charge in [-0.05, 0) is 48.6 Å². The van der Waals surface area contributed by atoms with E-state index in [9.17, 15) is 14.3 Å². The van der Waals surface area contributed by atoms with Crippen LogP contribution in [0, 0.1) is 11.7 Å². The Hall–Kier alpha value is -2.77. The maximum atomic E-state index is 13.2. The number of nitrogens with zero attached hydrogens (tertiary/aromatic N) is 1. The summed E-state index contributed by atoms with van der Waals surface area (Å²) in [5.74, 6) is -0.546. The molecule has 1 fully saturated rings. The zero-order chi connectivity index (χ0) is 18.1. The number of aliphatic hydroxyl groups is 1. The fourth-order valence-corrected chi connectivity index (χ4v) is 3.10. The molecule has 2 aromatic heterocycles. The number of carbonyl (C=O) groups excluding carboxylic acids is 1. The number of nitrogens with one attached hydrogen (secondary N) is 3. The van der Waals surface area contributed by atoms with E-state index in [1.807, 2.05) is 6.07 Å². The Morgan fingerprint density at radius 3 is 2.77 bits per heavy atom. The van der Waals surface area contributed by atoms with Gasteiger partial charge >= 0.3 is 0 Å². The van der Waals surface area contributed by atoms with Crippen LogP contribution in [0.1, 0.15) is 24.4 Å². The smallest absolute Gasteiger partial charge is 0.268 e. The van der Waals surface area contributed by atoms with Crippen LogP contribution in [0.25, 0.3) is 11.0 Å². The number of aromatic amines is 1. The molecular weight excluding hydrogens is 335 g/mol. The lowest BCUT2D eigenvalue weighted by Gasteiger charge is -2.22. The minimum absolute atomic E-state index is 0.197. The normalized spacial score (nSPS) is 16.4. The lowest BCUT2D eigenvalue weighted by molar-refractivity contribution is -0.126. The van der Waals surface area contributed by atoms with Crippen LogP contribution in [0.3, 0.4) is 0 Å². The number of amides is 1.